The monoisotopic (exact) mass is 533 g/mol. The number of rotatable bonds is 6. The lowest BCUT2D eigenvalue weighted by molar-refractivity contribution is -0.289. The fourth-order valence-electron chi connectivity index (χ4n) is 6.18. The van der Waals surface area contributed by atoms with Gasteiger partial charge >= 0.3 is 12.2 Å². The van der Waals surface area contributed by atoms with E-state index in [1.807, 2.05) is 79.7 Å². The highest BCUT2D eigenvalue weighted by Gasteiger charge is 2.47. The molecule has 2 aliphatic heterocycles. The number of piperidine rings is 2. The Morgan fingerprint density at radius 2 is 1.45 bits per heavy atom. The van der Waals surface area contributed by atoms with Gasteiger partial charge in [-0.2, -0.15) is 5.06 Å². The van der Waals surface area contributed by atoms with Crippen LogP contribution in [0, 0.1) is 0 Å². The maximum Gasteiger partial charge on any atom is 0.407 e. The summed E-state index contributed by atoms with van der Waals surface area (Å²) in [7, 11) is 0. The third kappa shape index (κ3) is 7.37. The van der Waals surface area contributed by atoms with Crippen LogP contribution in [-0.4, -0.2) is 61.8 Å². The second-order valence-corrected chi connectivity index (χ2v) is 13.3. The van der Waals surface area contributed by atoms with Crippen molar-refractivity contribution in [2.75, 3.05) is 0 Å². The average molecular weight is 534 g/mol. The van der Waals surface area contributed by atoms with Gasteiger partial charge in [-0.25, -0.2) is 9.59 Å². The van der Waals surface area contributed by atoms with E-state index in [9.17, 15) is 20.0 Å². The summed E-state index contributed by atoms with van der Waals surface area (Å²) in [5, 5.41) is 31.1. The smallest absolute Gasteiger partial charge is 0.407 e. The fourth-order valence-corrected chi connectivity index (χ4v) is 6.18. The first-order chi connectivity index (χ1) is 17.4. The molecule has 0 unspecified atom stereocenters. The van der Waals surface area contributed by atoms with Crippen molar-refractivity contribution in [3.8, 4) is 0 Å². The van der Waals surface area contributed by atoms with Gasteiger partial charge in [-0.1, -0.05) is 24.3 Å². The minimum atomic E-state index is -0.579. The van der Waals surface area contributed by atoms with Crippen LogP contribution in [-0.2, 0) is 27.8 Å². The number of carbonyl (C=O) groups is 2. The maximum absolute atomic E-state index is 12.5. The first-order valence-corrected chi connectivity index (χ1v) is 13.3. The molecule has 0 saturated carbocycles. The van der Waals surface area contributed by atoms with Crippen molar-refractivity contribution in [1.29, 1.82) is 0 Å². The lowest BCUT2D eigenvalue weighted by Gasteiger charge is -2.50. The molecule has 3 N–H and O–H groups in total. The maximum atomic E-state index is 12.5. The van der Waals surface area contributed by atoms with Crippen molar-refractivity contribution < 1.29 is 29.5 Å². The van der Waals surface area contributed by atoms with Gasteiger partial charge in [0.15, 0.2) is 0 Å². The number of nitrogens with zero attached hydrogens (tertiary/aromatic N) is 2. The second-order valence-electron chi connectivity index (χ2n) is 13.3. The highest BCUT2D eigenvalue weighted by atomic mass is 16.6. The van der Waals surface area contributed by atoms with Gasteiger partial charge in [-0.15, -0.1) is 10.3 Å². The molecule has 0 bridgehead atoms. The Morgan fingerprint density at radius 3 is 2.03 bits per heavy atom. The molecular formula is C28H45N4O6. The SMILES string of the molecule is CC1(C)CC(NC(=O)OCc2cccc(CNC(=O)OC3CC(C)(C)N(O)C(C)(C)C3)c2)CC(C)(C)N1[O]. The molecule has 0 spiro atoms. The van der Waals surface area contributed by atoms with Gasteiger partial charge < -0.3 is 25.3 Å². The Hall–Kier alpha value is -2.40. The third-order valence-corrected chi connectivity index (χ3v) is 7.59. The van der Waals surface area contributed by atoms with Gasteiger partial charge in [-0.3, -0.25) is 0 Å². The highest BCUT2D eigenvalue weighted by Crippen LogP contribution is 2.38. The molecule has 2 aliphatic rings. The predicted octanol–water partition coefficient (Wildman–Crippen LogP) is 4.92. The molecule has 2 saturated heterocycles. The van der Waals surface area contributed by atoms with E-state index in [0.717, 1.165) is 16.2 Å². The summed E-state index contributed by atoms with van der Waals surface area (Å²) >= 11 is 0. The molecule has 1 aromatic rings. The molecule has 10 heteroatoms. The van der Waals surface area contributed by atoms with Crippen LogP contribution in [0.5, 0.6) is 0 Å². The lowest BCUT2D eigenvalue weighted by atomic mass is 9.79. The van der Waals surface area contributed by atoms with Crippen molar-refractivity contribution in [2.45, 2.75) is 129 Å². The molecule has 38 heavy (non-hydrogen) atoms. The summed E-state index contributed by atoms with van der Waals surface area (Å²) in [4.78, 5) is 25.0. The van der Waals surface area contributed by atoms with Crippen molar-refractivity contribution in [2.24, 2.45) is 0 Å². The van der Waals surface area contributed by atoms with E-state index in [1.165, 1.54) is 5.06 Å². The zero-order chi connectivity index (χ0) is 28.5. The fraction of sp³-hybridized carbons (Fsp3) is 0.714. The molecule has 0 aromatic heterocycles. The normalized spacial score (nSPS) is 23.4. The van der Waals surface area contributed by atoms with Crippen LogP contribution in [0.15, 0.2) is 24.3 Å². The molecule has 2 heterocycles. The topological polar surface area (TPSA) is 123 Å². The van der Waals surface area contributed by atoms with E-state index in [0.29, 0.717) is 25.7 Å². The van der Waals surface area contributed by atoms with Gasteiger partial charge in [0.2, 0.25) is 0 Å². The number of ether oxygens (including phenoxy) is 2. The van der Waals surface area contributed by atoms with Gasteiger partial charge in [0.25, 0.3) is 0 Å². The molecule has 2 fully saturated rings. The number of amides is 2. The van der Waals surface area contributed by atoms with Crippen LogP contribution in [0.4, 0.5) is 9.59 Å². The van der Waals surface area contributed by atoms with Crippen LogP contribution in [0.2, 0.25) is 0 Å². The Bertz CT molecular complexity index is 898. The number of nitrogens with one attached hydrogen (secondary N) is 2. The minimum absolute atomic E-state index is 0.0845. The van der Waals surface area contributed by atoms with Gasteiger partial charge in [-0.05, 0) is 79.4 Å². The zero-order valence-electron chi connectivity index (χ0n) is 24.1. The summed E-state index contributed by atoms with van der Waals surface area (Å²) in [6, 6.07) is 7.29. The Morgan fingerprint density at radius 1 is 0.895 bits per heavy atom. The second kappa shape index (κ2) is 11.0. The number of alkyl carbamates (subject to hydrolysis) is 2. The van der Waals surface area contributed by atoms with Crippen LogP contribution < -0.4 is 10.6 Å². The van der Waals surface area contributed by atoms with Gasteiger partial charge in [0.05, 0.1) is 0 Å². The molecule has 2 amide bonds. The molecule has 1 radical (unpaired) electrons. The molecule has 213 valence electrons. The largest absolute Gasteiger partial charge is 0.446 e. The van der Waals surface area contributed by atoms with Crippen molar-refractivity contribution >= 4 is 12.2 Å². The van der Waals surface area contributed by atoms with E-state index in [4.69, 9.17) is 9.47 Å². The van der Waals surface area contributed by atoms with Crippen molar-refractivity contribution in [3.05, 3.63) is 35.4 Å². The molecule has 1 aromatic carbocycles. The van der Waals surface area contributed by atoms with Crippen molar-refractivity contribution in [1.82, 2.24) is 20.8 Å². The first-order valence-electron chi connectivity index (χ1n) is 13.3. The van der Waals surface area contributed by atoms with E-state index in [2.05, 4.69) is 10.6 Å². The average Bonchev–Trinajstić information content (AvgIpc) is 2.78. The predicted molar refractivity (Wildman–Crippen MR) is 142 cm³/mol. The van der Waals surface area contributed by atoms with Gasteiger partial charge in [0.1, 0.15) is 12.7 Å². The number of hydrogen-bond donors (Lipinski definition) is 3. The summed E-state index contributed by atoms with van der Waals surface area (Å²) in [5.41, 5.74) is -0.530. The van der Waals surface area contributed by atoms with Crippen LogP contribution >= 0.6 is 0 Å². The standard InChI is InChI=1S/C28H45N4O6/c1-25(2)13-21(14-26(3,4)31(25)35)30-24(34)37-18-20-11-9-10-19(12-20)17-29-23(33)38-22-15-27(5,6)32(36)28(7,8)16-22/h9-12,21-22,36H,13-18H2,1-8H3,(H,29,33)(H,30,34). The quantitative estimate of drug-likeness (QED) is 0.474. The summed E-state index contributed by atoms with van der Waals surface area (Å²) in [6.45, 7) is 15.6. The third-order valence-electron chi connectivity index (χ3n) is 7.59. The Kier molecular flexibility index (Phi) is 8.72. The number of benzene rings is 1. The molecule has 10 nitrogen and oxygen atoms in total. The Labute approximate surface area is 226 Å². The first kappa shape index (κ1) is 30.1. The van der Waals surface area contributed by atoms with Gasteiger partial charge in [0, 0.05) is 47.6 Å². The van der Waals surface area contributed by atoms with E-state index in [1.54, 1.807) is 0 Å². The van der Waals surface area contributed by atoms with Crippen LogP contribution in [0.1, 0.15) is 92.2 Å². The Balaban J connectivity index is 1.46. The minimum Gasteiger partial charge on any atom is -0.446 e. The van der Waals surface area contributed by atoms with Crippen molar-refractivity contribution in [3.63, 3.8) is 0 Å². The summed E-state index contributed by atoms with van der Waals surface area (Å²) in [6.07, 6.45) is 0.803. The number of hydroxylamine groups is 4. The van der Waals surface area contributed by atoms with E-state index >= 15 is 0 Å². The molecular weight excluding hydrogens is 488 g/mol. The summed E-state index contributed by atoms with van der Waals surface area (Å²) in [5.74, 6) is 0. The molecule has 3 rings (SSSR count). The number of carbonyl (C=O) groups excluding carboxylic acids is 2. The lowest BCUT2D eigenvalue weighted by Crippen LogP contribution is -2.62. The molecule has 0 atom stereocenters. The molecule has 0 aliphatic carbocycles. The van der Waals surface area contributed by atoms with Crippen LogP contribution in [0.25, 0.3) is 0 Å². The van der Waals surface area contributed by atoms with E-state index < -0.39 is 34.3 Å². The van der Waals surface area contributed by atoms with Crippen LogP contribution in [0.3, 0.4) is 0 Å². The summed E-state index contributed by atoms with van der Waals surface area (Å²) < 4.78 is 11.1. The zero-order valence-corrected chi connectivity index (χ0v) is 24.1. The number of hydrogen-bond acceptors (Lipinski definition) is 7. The van der Waals surface area contributed by atoms with E-state index in [-0.39, 0.29) is 25.3 Å². The highest BCUT2D eigenvalue weighted by molar-refractivity contribution is 5.68.